The number of carbonyl (C=O) groups is 1. The van der Waals surface area contributed by atoms with E-state index in [-0.39, 0.29) is 33.0 Å². The Bertz CT molecular complexity index is 1150. The lowest BCUT2D eigenvalue weighted by atomic mass is 10.0. The van der Waals surface area contributed by atoms with E-state index in [1.165, 1.54) is 31.4 Å². The first kappa shape index (κ1) is 17.0. The molecule has 1 aliphatic rings. The molecule has 0 radical (unpaired) electrons. The van der Waals surface area contributed by atoms with Gasteiger partial charge in [0, 0.05) is 17.8 Å². The first-order valence-corrected chi connectivity index (χ1v) is 9.46. The van der Waals surface area contributed by atoms with Gasteiger partial charge < -0.3 is 10.5 Å². The molecule has 1 aliphatic carbocycles. The predicted octanol–water partition coefficient (Wildman–Crippen LogP) is 0.189. The largest absolute Gasteiger partial charge is 0.493 e. The molecule has 2 aromatic rings. The Labute approximate surface area is 145 Å². The highest BCUT2D eigenvalue weighted by Crippen LogP contribution is 2.22. The van der Waals surface area contributed by atoms with Crippen LogP contribution in [-0.2, 0) is 19.4 Å². The van der Waals surface area contributed by atoms with E-state index in [9.17, 15) is 18.0 Å². The molecule has 3 rings (SSSR count). The normalized spacial score (nSPS) is 16.5. The van der Waals surface area contributed by atoms with E-state index in [0.29, 0.717) is 5.57 Å². The van der Waals surface area contributed by atoms with E-state index in [1.807, 2.05) is 0 Å². The fourth-order valence-electron chi connectivity index (χ4n) is 2.21. The molecule has 11 heteroatoms. The lowest BCUT2D eigenvalue weighted by Crippen LogP contribution is -2.18. The molecule has 0 aliphatic heterocycles. The lowest BCUT2D eigenvalue weighted by Gasteiger charge is -2.09. The van der Waals surface area contributed by atoms with Crippen molar-refractivity contribution in [3.05, 3.63) is 45.5 Å². The van der Waals surface area contributed by atoms with Crippen molar-refractivity contribution in [3.8, 4) is 0 Å². The standard InChI is InChI=1S/C14H12N4O5S2/c1-23-10-6-7(3-4-9(10)19)5-8-11(15)18-13(16-12(8)20)24-17-14(18)25(2,21)22/h3-6H,15H2,1-2H3/b7-5+. The molecule has 0 atom stereocenters. The molecule has 0 bridgehead atoms. The third-order valence-electron chi connectivity index (χ3n) is 3.36. The maximum absolute atomic E-state index is 12.2. The van der Waals surface area contributed by atoms with Gasteiger partial charge in [0.2, 0.25) is 25.7 Å². The topological polar surface area (TPSA) is 134 Å². The molecular weight excluding hydrogens is 368 g/mol. The second-order valence-corrected chi connectivity index (χ2v) is 7.77. The molecule has 25 heavy (non-hydrogen) atoms. The molecule has 130 valence electrons. The van der Waals surface area contributed by atoms with Gasteiger partial charge in [0.05, 0.1) is 12.7 Å². The van der Waals surface area contributed by atoms with Crippen LogP contribution in [0.2, 0.25) is 0 Å². The average molecular weight is 380 g/mol. The SMILES string of the molecule is COC1=C/C(=C/c2c(N)n3c(S(C)(=O)=O)nsc3nc2=O)C=CC1=O. The van der Waals surface area contributed by atoms with E-state index >= 15 is 0 Å². The minimum Gasteiger partial charge on any atom is -0.493 e. The van der Waals surface area contributed by atoms with Gasteiger partial charge in [-0.2, -0.15) is 9.36 Å². The molecule has 0 spiro atoms. The first-order valence-electron chi connectivity index (χ1n) is 6.80. The highest BCUT2D eigenvalue weighted by Gasteiger charge is 2.21. The number of carbonyl (C=O) groups excluding carboxylic acids is 1. The van der Waals surface area contributed by atoms with Gasteiger partial charge >= 0.3 is 0 Å². The number of ketones is 1. The summed E-state index contributed by atoms with van der Waals surface area (Å²) in [5.74, 6) is -0.302. The molecular formula is C14H12N4O5S2. The molecule has 2 N–H and O–H groups in total. The fourth-order valence-corrected chi connectivity index (χ4v) is 4.07. The first-order chi connectivity index (χ1) is 11.7. The van der Waals surface area contributed by atoms with E-state index < -0.39 is 15.4 Å². The number of hydrogen-bond donors (Lipinski definition) is 1. The minimum atomic E-state index is -3.66. The van der Waals surface area contributed by atoms with Crippen molar-refractivity contribution in [2.45, 2.75) is 5.16 Å². The van der Waals surface area contributed by atoms with Crippen molar-refractivity contribution in [2.75, 3.05) is 19.1 Å². The summed E-state index contributed by atoms with van der Waals surface area (Å²) in [6, 6.07) is 0. The summed E-state index contributed by atoms with van der Waals surface area (Å²) in [7, 11) is -2.31. The smallest absolute Gasteiger partial charge is 0.283 e. The highest BCUT2D eigenvalue weighted by atomic mass is 32.2. The zero-order valence-electron chi connectivity index (χ0n) is 13.1. The Balaban J connectivity index is 2.26. The van der Waals surface area contributed by atoms with Crippen LogP contribution in [0.5, 0.6) is 0 Å². The summed E-state index contributed by atoms with van der Waals surface area (Å²) >= 11 is 0.760. The van der Waals surface area contributed by atoms with E-state index in [4.69, 9.17) is 10.5 Å². The summed E-state index contributed by atoms with van der Waals surface area (Å²) in [4.78, 5) is 27.7. The highest BCUT2D eigenvalue weighted by molar-refractivity contribution is 7.90. The van der Waals surface area contributed by atoms with Gasteiger partial charge in [0.15, 0.2) is 5.76 Å². The van der Waals surface area contributed by atoms with Crippen molar-refractivity contribution < 1.29 is 17.9 Å². The van der Waals surface area contributed by atoms with Gasteiger partial charge in [0.25, 0.3) is 5.56 Å². The van der Waals surface area contributed by atoms with Crippen molar-refractivity contribution >= 4 is 44.0 Å². The number of methoxy groups -OCH3 is 1. The molecule has 9 nitrogen and oxygen atoms in total. The van der Waals surface area contributed by atoms with Crippen LogP contribution >= 0.6 is 11.5 Å². The van der Waals surface area contributed by atoms with Gasteiger partial charge in [-0.15, -0.1) is 0 Å². The molecule has 0 aromatic carbocycles. The number of nitrogen functional groups attached to an aromatic ring is 1. The molecule has 0 saturated heterocycles. The van der Waals surface area contributed by atoms with Crippen LogP contribution in [0, 0.1) is 0 Å². The van der Waals surface area contributed by atoms with Crippen molar-refractivity contribution in [3.63, 3.8) is 0 Å². The van der Waals surface area contributed by atoms with E-state index in [2.05, 4.69) is 9.36 Å². The summed E-state index contributed by atoms with van der Waals surface area (Å²) in [5.41, 5.74) is 5.85. The quantitative estimate of drug-likeness (QED) is 0.797. The van der Waals surface area contributed by atoms with Gasteiger partial charge in [-0.05, 0) is 23.8 Å². The molecule has 2 heterocycles. The number of hydrogen-bond acceptors (Lipinski definition) is 9. The Hall–Kier alpha value is -2.79. The monoisotopic (exact) mass is 380 g/mol. The number of aromatic nitrogens is 3. The van der Waals surface area contributed by atoms with Crippen LogP contribution in [0.4, 0.5) is 5.82 Å². The summed E-state index contributed by atoms with van der Waals surface area (Å²) in [5, 5.41) is -0.292. The van der Waals surface area contributed by atoms with Gasteiger partial charge in [-0.1, -0.05) is 6.08 Å². The van der Waals surface area contributed by atoms with Crippen LogP contribution in [0.15, 0.2) is 39.5 Å². The fraction of sp³-hybridized carbons (Fsp3) is 0.143. The number of anilines is 1. The number of fused-ring (bicyclic) bond motifs is 1. The Kier molecular flexibility index (Phi) is 4.05. The second kappa shape index (κ2) is 5.93. The summed E-state index contributed by atoms with van der Waals surface area (Å²) in [6.07, 6.45) is 6.61. The molecule has 0 unspecified atom stereocenters. The van der Waals surface area contributed by atoms with Crippen LogP contribution < -0.4 is 11.3 Å². The molecule has 0 fully saturated rings. The van der Waals surface area contributed by atoms with Crippen LogP contribution in [0.1, 0.15) is 5.56 Å². The molecule has 0 saturated carbocycles. The Morgan fingerprint density at radius 2 is 2.04 bits per heavy atom. The number of ether oxygens (including phenoxy) is 1. The average Bonchev–Trinajstić information content (AvgIpc) is 2.97. The number of rotatable bonds is 3. The number of nitrogens with zero attached hydrogens (tertiary/aromatic N) is 3. The molecule has 2 aromatic heterocycles. The maximum atomic E-state index is 12.2. The minimum absolute atomic E-state index is 0.0108. The second-order valence-electron chi connectivity index (χ2n) is 5.13. The summed E-state index contributed by atoms with van der Waals surface area (Å²) < 4.78 is 33.6. The van der Waals surface area contributed by atoms with Crippen LogP contribution in [0.3, 0.4) is 0 Å². The van der Waals surface area contributed by atoms with E-state index in [1.54, 1.807) is 0 Å². The lowest BCUT2D eigenvalue weighted by molar-refractivity contribution is -0.114. The van der Waals surface area contributed by atoms with Crippen molar-refractivity contribution in [1.29, 1.82) is 0 Å². The van der Waals surface area contributed by atoms with E-state index in [0.717, 1.165) is 22.2 Å². The number of allylic oxidation sites excluding steroid dienone is 4. The maximum Gasteiger partial charge on any atom is 0.283 e. The van der Waals surface area contributed by atoms with Crippen molar-refractivity contribution in [2.24, 2.45) is 0 Å². The van der Waals surface area contributed by atoms with Gasteiger partial charge in [-0.25, -0.2) is 12.8 Å². The predicted molar refractivity (Wildman–Crippen MR) is 91.9 cm³/mol. The Morgan fingerprint density at radius 1 is 1.32 bits per heavy atom. The Morgan fingerprint density at radius 3 is 2.68 bits per heavy atom. The molecule has 0 amide bonds. The zero-order valence-corrected chi connectivity index (χ0v) is 14.7. The number of sulfone groups is 1. The van der Waals surface area contributed by atoms with Gasteiger partial charge in [-0.3, -0.25) is 9.59 Å². The zero-order chi connectivity index (χ0) is 18.4. The number of nitrogens with two attached hydrogens (primary N) is 1. The van der Waals surface area contributed by atoms with Gasteiger partial charge in [0.1, 0.15) is 5.82 Å². The third-order valence-corrected chi connectivity index (χ3v) is 5.12. The summed E-state index contributed by atoms with van der Waals surface area (Å²) in [6.45, 7) is 0. The third kappa shape index (κ3) is 2.98. The van der Waals surface area contributed by atoms with Crippen LogP contribution in [0.25, 0.3) is 11.0 Å². The van der Waals surface area contributed by atoms with Crippen LogP contribution in [-0.4, -0.2) is 41.3 Å². The van der Waals surface area contributed by atoms with Crippen molar-refractivity contribution in [1.82, 2.24) is 13.8 Å².